The number of nitrogens with zero attached hydrogens (tertiary/aromatic N) is 4. The summed E-state index contributed by atoms with van der Waals surface area (Å²) < 4.78 is 10.5. The molecule has 0 saturated carbocycles. The summed E-state index contributed by atoms with van der Waals surface area (Å²) in [6.45, 7) is 9.36. The van der Waals surface area contributed by atoms with E-state index in [-0.39, 0.29) is 24.2 Å². The van der Waals surface area contributed by atoms with Crippen LogP contribution in [0.4, 0.5) is 0 Å². The Balaban J connectivity index is 1.56. The van der Waals surface area contributed by atoms with Crippen LogP contribution in [0.2, 0.25) is 0 Å². The van der Waals surface area contributed by atoms with Crippen molar-refractivity contribution < 1.29 is 14.1 Å². The molecule has 0 radical (unpaired) electrons. The molecule has 2 aliphatic heterocycles. The molecule has 0 amide bonds. The van der Waals surface area contributed by atoms with Crippen LogP contribution in [-0.4, -0.2) is 64.2 Å². The Morgan fingerprint density at radius 2 is 2.00 bits per heavy atom. The quantitative estimate of drug-likeness (QED) is 0.762. The third-order valence-electron chi connectivity index (χ3n) is 4.38. The van der Waals surface area contributed by atoms with Crippen molar-refractivity contribution in [2.75, 3.05) is 26.2 Å². The molecule has 0 aliphatic carbocycles. The largest absolute Gasteiger partial charge is 0.461 e. The second kappa shape index (κ2) is 5.73. The van der Waals surface area contributed by atoms with Gasteiger partial charge in [-0.25, -0.2) is 0 Å². The molecule has 3 atom stereocenters. The van der Waals surface area contributed by atoms with Crippen molar-refractivity contribution in [3.8, 4) is 0 Å². The van der Waals surface area contributed by atoms with E-state index in [1.807, 2.05) is 13.8 Å². The van der Waals surface area contributed by atoms with Crippen LogP contribution in [0.1, 0.15) is 38.0 Å². The van der Waals surface area contributed by atoms with Crippen molar-refractivity contribution in [1.82, 2.24) is 19.9 Å². The monoisotopic (exact) mass is 294 g/mol. The summed E-state index contributed by atoms with van der Waals surface area (Å²) in [4.78, 5) is 20.7. The highest BCUT2D eigenvalue weighted by molar-refractivity contribution is 5.78. The summed E-state index contributed by atoms with van der Waals surface area (Å²) >= 11 is 0. The fourth-order valence-electron chi connectivity index (χ4n) is 3.11. The van der Waals surface area contributed by atoms with E-state index in [9.17, 15) is 4.79 Å². The second-order valence-electron chi connectivity index (χ2n) is 5.93. The van der Waals surface area contributed by atoms with Crippen LogP contribution in [0.5, 0.6) is 0 Å². The van der Waals surface area contributed by atoms with Crippen LogP contribution < -0.4 is 0 Å². The predicted molar refractivity (Wildman–Crippen MR) is 74.6 cm³/mol. The van der Waals surface area contributed by atoms with E-state index < -0.39 is 0 Å². The van der Waals surface area contributed by atoms with Gasteiger partial charge in [0.1, 0.15) is 12.1 Å². The van der Waals surface area contributed by atoms with Gasteiger partial charge in [-0.1, -0.05) is 5.16 Å². The highest BCUT2D eigenvalue weighted by Crippen LogP contribution is 2.24. The van der Waals surface area contributed by atoms with Crippen molar-refractivity contribution in [3.05, 3.63) is 11.7 Å². The van der Waals surface area contributed by atoms with E-state index in [2.05, 4.69) is 26.9 Å². The maximum Gasteiger partial charge on any atom is 0.323 e. The Labute approximate surface area is 124 Å². The van der Waals surface area contributed by atoms with E-state index in [1.165, 1.54) is 0 Å². The number of piperazine rings is 1. The first-order valence-corrected chi connectivity index (χ1v) is 7.53. The van der Waals surface area contributed by atoms with Gasteiger partial charge < -0.3 is 9.26 Å². The lowest BCUT2D eigenvalue weighted by Gasteiger charge is -2.38. The van der Waals surface area contributed by atoms with Crippen molar-refractivity contribution in [2.45, 2.75) is 45.4 Å². The molecule has 21 heavy (non-hydrogen) atoms. The van der Waals surface area contributed by atoms with Crippen molar-refractivity contribution in [3.63, 3.8) is 0 Å². The molecule has 7 nitrogen and oxygen atoms in total. The molecule has 2 fully saturated rings. The second-order valence-corrected chi connectivity index (χ2v) is 5.93. The SMILES string of the molecule is Cc1noc(C(C)N2CCN(C3CC(C)OC3=O)CC2)n1. The van der Waals surface area contributed by atoms with Gasteiger partial charge in [0.25, 0.3) is 0 Å². The number of ether oxygens (including phenoxy) is 1. The number of cyclic esters (lactones) is 1. The zero-order valence-corrected chi connectivity index (χ0v) is 12.8. The summed E-state index contributed by atoms with van der Waals surface area (Å²) in [7, 11) is 0. The number of aromatic nitrogens is 2. The summed E-state index contributed by atoms with van der Waals surface area (Å²) in [5.74, 6) is 1.25. The number of rotatable bonds is 3. The van der Waals surface area contributed by atoms with E-state index in [4.69, 9.17) is 9.26 Å². The van der Waals surface area contributed by atoms with E-state index in [1.54, 1.807) is 0 Å². The maximum atomic E-state index is 11.8. The van der Waals surface area contributed by atoms with Gasteiger partial charge in [-0.15, -0.1) is 0 Å². The molecule has 2 aliphatic rings. The van der Waals surface area contributed by atoms with Crippen LogP contribution >= 0.6 is 0 Å². The first-order chi connectivity index (χ1) is 10.0. The van der Waals surface area contributed by atoms with E-state index in [0.717, 1.165) is 32.6 Å². The molecule has 0 spiro atoms. The van der Waals surface area contributed by atoms with Crippen molar-refractivity contribution >= 4 is 5.97 Å². The smallest absolute Gasteiger partial charge is 0.323 e. The molecule has 3 heterocycles. The minimum absolute atomic E-state index is 0.0424. The van der Waals surface area contributed by atoms with Crippen LogP contribution in [0, 0.1) is 6.92 Å². The summed E-state index contributed by atoms with van der Waals surface area (Å²) in [5.41, 5.74) is 0. The average Bonchev–Trinajstić information content (AvgIpc) is 3.04. The topological polar surface area (TPSA) is 71.7 Å². The van der Waals surface area contributed by atoms with E-state index in [0.29, 0.717) is 11.7 Å². The number of esters is 1. The van der Waals surface area contributed by atoms with Crippen molar-refractivity contribution in [2.24, 2.45) is 0 Å². The Morgan fingerprint density at radius 3 is 2.52 bits per heavy atom. The minimum Gasteiger partial charge on any atom is -0.461 e. The van der Waals surface area contributed by atoms with Crippen molar-refractivity contribution in [1.29, 1.82) is 0 Å². The van der Waals surface area contributed by atoms with E-state index >= 15 is 0 Å². The lowest BCUT2D eigenvalue weighted by atomic mass is 10.1. The first kappa shape index (κ1) is 14.5. The molecule has 2 saturated heterocycles. The number of carbonyl (C=O) groups excluding carboxylic acids is 1. The van der Waals surface area contributed by atoms with Gasteiger partial charge in [0, 0.05) is 32.6 Å². The van der Waals surface area contributed by atoms with Gasteiger partial charge in [-0.2, -0.15) is 4.98 Å². The molecule has 0 bridgehead atoms. The van der Waals surface area contributed by atoms with Gasteiger partial charge in [0.05, 0.1) is 6.04 Å². The Morgan fingerprint density at radius 1 is 1.29 bits per heavy atom. The molecule has 3 rings (SSSR count). The minimum atomic E-state index is -0.0727. The molecule has 1 aromatic rings. The molecule has 1 aromatic heterocycles. The summed E-state index contributed by atoms with van der Waals surface area (Å²) in [6.07, 6.45) is 0.845. The summed E-state index contributed by atoms with van der Waals surface area (Å²) in [6, 6.07) is 0.0471. The van der Waals surface area contributed by atoms with Crippen LogP contribution in [-0.2, 0) is 9.53 Å². The number of hydrogen-bond acceptors (Lipinski definition) is 7. The maximum absolute atomic E-state index is 11.8. The van der Waals surface area contributed by atoms with Gasteiger partial charge in [-0.05, 0) is 20.8 Å². The molecular weight excluding hydrogens is 272 g/mol. The number of aryl methyl sites for hydroxylation is 1. The lowest BCUT2D eigenvalue weighted by molar-refractivity contribution is -0.145. The molecule has 0 aromatic carbocycles. The van der Waals surface area contributed by atoms with Crippen LogP contribution in [0.25, 0.3) is 0 Å². The third-order valence-corrected chi connectivity index (χ3v) is 4.38. The fourth-order valence-corrected chi connectivity index (χ4v) is 3.11. The molecule has 7 heteroatoms. The highest BCUT2D eigenvalue weighted by Gasteiger charge is 2.38. The zero-order chi connectivity index (χ0) is 15.0. The lowest BCUT2D eigenvalue weighted by Crippen LogP contribution is -2.52. The first-order valence-electron chi connectivity index (χ1n) is 7.53. The Kier molecular flexibility index (Phi) is 3.95. The molecular formula is C14H22N4O3. The van der Waals surface area contributed by atoms with Crippen LogP contribution in [0.3, 0.4) is 0 Å². The van der Waals surface area contributed by atoms with Gasteiger partial charge in [-0.3, -0.25) is 14.6 Å². The molecule has 0 N–H and O–H groups in total. The normalized spacial score (nSPS) is 29.6. The molecule has 116 valence electrons. The highest BCUT2D eigenvalue weighted by atomic mass is 16.6. The van der Waals surface area contributed by atoms with Gasteiger partial charge >= 0.3 is 5.97 Å². The standard InChI is InChI=1S/C14H22N4O3/c1-9-8-12(14(19)20-9)18-6-4-17(5-7-18)10(2)13-15-11(3)16-21-13/h9-10,12H,4-8H2,1-3H3. The van der Waals surface area contributed by atoms with Gasteiger partial charge in [0.2, 0.25) is 5.89 Å². The average molecular weight is 294 g/mol. The third kappa shape index (κ3) is 2.94. The van der Waals surface area contributed by atoms with Crippen LogP contribution in [0.15, 0.2) is 4.52 Å². The fraction of sp³-hybridized carbons (Fsp3) is 0.786. The van der Waals surface area contributed by atoms with Gasteiger partial charge in [0.15, 0.2) is 5.82 Å². The number of hydrogen-bond donors (Lipinski definition) is 0. The predicted octanol–water partition coefficient (Wildman–Crippen LogP) is 0.761. The molecule has 3 unspecified atom stereocenters. The Hall–Kier alpha value is -1.47. The Bertz CT molecular complexity index is 510. The zero-order valence-electron chi connectivity index (χ0n) is 12.8. The number of carbonyl (C=O) groups is 1. The summed E-state index contributed by atoms with van der Waals surface area (Å²) in [5, 5.41) is 3.84.